The van der Waals surface area contributed by atoms with Gasteiger partial charge in [0.1, 0.15) is 5.75 Å². The Bertz CT molecular complexity index is 322. The van der Waals surface area contributed by atoms with Crippen LogP contribution in [0.1, 0.15) is 45.7 Å². The lowest BCUT2D eigenvalue weighted by molar-refractivity contribution is 0.266. The van der Waals surface area contributed by atoms with Gasteiger partial charge in [0.05, 0.1) is 6.61 Å². The van der Waals surface area contributed by atoms with Crippen LogP contribution in [0.25, 0.3) is 0 Å². The third kappa shape index (κ3) is 4.78. The molecule has 0 aliphatic carbocycles. The molecule has 0 aliphatic heterocycles. The lowest BCUT2D eigenvalue weighted by atomic mass is 10.1. The summed E-state index contributed by atoms with van der Waals surface area (Å²) in [6, 6.07) is 8.65. The average Bonchev–Trinajstić information content (AvgIpc) is 2.33. The van der Waals surface area contributed by atoms with E-state index >= 15 is 0 Å². The highest BCUT2D eigenvalue weighted by Crippen LogP contribution is 2.25. The van der Waals surface area contributed by atoms with Crippen LogP contribution in [0.15, 0.2) is 24.3 Å². The molecule has 0 radical (unpaired) electrons. The minimum absolute atomic E-state index is 0.346. The second kappa shape index (κ2) is 7.33. The van der Waals surface area contributed by atoms with E-state index in [0.29, 0.717) is 12.0 Å². The van der Waals surface area contributed by atoms with Crippen LogP contribution in [0, 0.1) is 5.92 Å². The Balaban J connectivity index is 2.69. The minimum atomic E-state index is 0.346. The zero-order valence-corrected chi connectivity index (χ0v) is 11.5. The first-order valence-electron chi connectivity index (χ1n) is 6.60. The van der Waals surface area contributed by atoms with Crippen LogP contribution in [0.4, 0.5) is 0 Å². The number of nitrogens with one attached hydrogen (secondary N) is 1. The van der Waals surface area contributed by atoms with Crippen LogP contribution < -0.4 is 10.1 Å². The SMILES string of the molecule is CCCN[C@H](C)c1ccccc1OCC(C)C. The number of para-hydroxylation sites is 1. The van der Waals surface area contributed by atoms with Crippen molar-refractivity contribution < 1.29 is 4.74 Å². The molecule has 1 aromatic rings. The molecule has 1 aromatic carbocycles. The molecule has 0 saturated heterocycles. The third-order valence-electron chi connectivity index (χ3n) is 2.66. The van der Waals surface area contributed by atoms with E-state index < -0.39 is 0 Å². The first-order chi connectivity index (χ1) is 8.15. The van der Waals surface area contributed by atoms with E-state index in [1.54, 1.807) is 0 Å². The molecule has 17 heavy (non-hydrogen) atoms. The van der Waals surface area contributed by atoms with E-state index in [1.807, 2.05) is 6.07 Å². The summed E-state index contributed by atoms with van der Waals surface area (Å²) in [6.45, 7) is 10.5. The molecule has 1 rings (SSSR count). The van der Waals surface area contributed by atoms with E-state index in [-0.39, 0.29) is 0 Å². The molecular formula is C15H25NO. The molecule has 0 saturated carbocycles. The van der Waals surface area contributed by atoms with E-state index in [2.05, 4.69) is 51.2 Å². The molecule has 96 valence electrons. The van der Waals surface area contributed by atoms with Gasteiger partial charge in [-0.25, -0.2) is 0 Å². The van der Waals surface area contributed by atoms with Crippen molar-refractivity contribution in [2.24, 2.45) is 5.92 Å². The Kier molecular flexibility index (Phi) is 6.06. The predicted octanol–water partition coefficient (Wildman–Crippen LogP) is 3.78. The summed E-state index contributed by atoms with van der Waals surface area (Å²) in [5, 5.41) is 3.50. The van der Waals surface area contributed by atoms with Crippen molar-refractivity contribution in [3.8, 4) is 5.75 Å². The van der Waals surface area contributed by atoms with Crippen molar-refractivity contribution in [1.82, 2.24) is 5.32 Å². The van der Waals surface area contributed by atoms with Gasteiger partial charge in [-0.3, -0.25) is 0 Å². The van der Waals surface area contributed by atoms with Gasteiger partial charge in [-0.2, -0.15) is 0 Å². The molecule has 0 aliphatic rings. The van der Waals surface area contributed by atoms with E-state index in [1.165, 1.54) is 5.56 Å². The van der Waals surface area contributed by atoms with Crippen molar-refractivity contribution in [3.05, 3.63) is 29.8 Å². The second-order valence-corrected chi connectivity index (χ2v) is 4.92. The van der Waals surface area contributed by atoms with E-state index in [9.17, 15) is 0 Å². The number of ether oxygens (including phenoxy) is 1. The Morgan fingerprint density at radius 1 is 1.18 bits per heavy atom. The largest absolute Gasteiger partial charge is 0.493 e. The van der Waals surface area contributed by atoms with Gasteiger partial charge in [-0.15, -0.1) is 0 Å². The molecule has 1 N–H and O–H groups in total. The van der Waals surface area contributed by atoms with Crippen LogP contribution in [0.3, 0.4) is 0 Å². The number of rotatable bonds is 7. The van der Waals surface area contributed by atoms with E-state index in [4.69, 9.17) is 4.74 Å². The normalized spacial score (nSPS) is 12.8. The summed E-state index contributed by atoms with van der Waals surface area (Å²) in [6.07, 6.45) is 1.15. The summed E-state index contributed by atoms with van der Waals surface area (Å²) in [4.78, 5) is 0. The molecule has 0 heterocycles. The molecule has 1 atom stereocenters. The van der Waals surface area contributed by atoms with Gasteiger partial charge in [-0.05, 0) is 31.9 Å². The summed E-state index contributed by atoms with van der Waals surface area (Å²) in [7, 11) is 0. The molecule has 0 unspecified atom stereocenters. The van der Waals surface area contributed by atoms with Gasteiger partial charge < -0.3 is 10.1 Å². The lowest BCUT2D eigenvalue weighted by Gasteiger charge is -2.18. The van der Waals surface area contributed by atoms with Crippen molar-refractivity contribution in [3.63, 3.8) is 0 Å². The van der Waals surface area contributed by atoms with Crippen LogP contribution in [0.2, 0.25) is 0 Å². The van der Waals surface area contributed by atoms with Crippen LogP contribution in [-0.4, -0.2) is 13.2 Å². The fourth-order valence-electron chi connectivity index (χ4n) is 1.70. The zero-order chi connectivity index (χ0) is 12.7. The smallest absolute Gasteiger partial charge is 0.124 e. The fraction of sp³-hybridized carbons (Fsp3) is 0.600. The Morgan fingerprint density at radius 3 is 2.53 bits per heavy atom. The number of benzene rings is 1. The Hall–Kier alpha value is -1.02. The van der Waals surface area contributed by atoms with Crippen molar-refractivity contribution in [1.29, 1.82) is 0 Å². The summed E-state index contributed by atoms with van der Waals surface area (Å²) < 4.78 is 5.86. The zero-order valence-electron chi connectivity index (χ0n) is 11.5. The number of hydrogen-bond donors (Lipinski definition) is 1. The van der Waals surface area contributed by atoms with Gasteiger partial charge in [0.15, 0.2) is 0 Å². The summed E-state index contributed by atoms with van der Waals surface area (Å²) in [5.74, 6) is 1.57. The van der Waals surface area contributed by atoms with Crippen molar-refractivity contribution in [2.75, 3.05) is 13.2 Å². The molecule has 2 nitrogen and oxygen atoms in total. The molecule has 0 aromatic heterocycles. The van der Waals surface area contributed by atoms with Gasteiger partial charge in [0.25, 0.3) is 0 Å². The highest BCUT2D eigenvalue weighted by Gasteiger charge is 2.10. The van der Waals surface area contributed by atoms with Gasteiger partial charge in [0, 0.05) is 11.6 Å². The van der Waals surface area contributed by atoms with Gasteiger partial charge in [-0.1, -0.05) is 39.0 Å². The molecule has 0 spiro atoms. The summed E-state index contributed by atoms with van der Waals surface area (Å²) >= 11 is 0. The van der Waals surface area contributed by atoms with Crippen molar-refractivity contribution in [2.45, 2.75) is 40.2 Å². The molecule has 0 bridgehead atoms. The monoisotopic (exact) mass is 235 g/mol. The maximum atomic E-state index is 5.86. The Labute approximate surface area is 105 Å². The second-order valence-electron chi connectivity index (χ2n) is 4.92. The Morgan fingerprint density at radius 2 is 1.88 bits per heavy atom. The first-order valence-corrected chi connectivity index (χ1v) is 6.60. The third-order valence-corrected chi connectivity index (χ3v) is 2.66. The molecule has 2 heteroatoms. The number of hydrogen-bond acceptors (Lipinski definition) is 2. The van der Waals surface area contributed by atoms with Gasteiger partial charge in [0.2, 0.25) is 0 Å². The first kappa shape index (κ1) is 14.0. The topological polar surface area (TPSA) is 21.3 Å². The quantitative estimate of drug-likeness (QED) is 0.776. The van der Waals surface area contributed by atoms with Crippen molar-refractivity contribution >= 4 is 0 Å². The maximum absolute atomic E-state index is 5.86. The molecular weight excluding hydrogens is 210 g/mol. The van der Waals surface area contributed by atoms with Gasteiger partial charge >= 0.3 is 0 Å². The average molecular weight is 235 g/mol. The predicted molar refractivity (Wildman–Crippen MR) is 73.5 cm³/mol. The molecule has 0 fully saturated rings. The van der Waals surface area contributed by atoms with Crippen LogP contribution in [-0.2, 0) is 0 Å². The van der Waals surface area contributed by atoms with Crippen LogP contribution in [0.5, 0.6) is 5.75 Å². The lowest BCUT2D eigenvalue weighted by Crippen LogP contribution is -2.20. The maximum Gasteiger partial charge on any atom is 0.124 e. The minimum Gasteiger partial charge on any atom is -0.493 e. The fourth-order valence-corrected chi connectivity index (χ4v) is 1.70. The highest BCUT2D eigenvalue weighted by molar-refractivity contribution is 5.35. The highest BCUT2D eigenvalue weighted by atomic mass is 16.5. The standard InChI is InChI=1S/C15H25NO/c1-5-10-16-13(4)14-8-6-7-9-15(14)17-11-12(2)3/h6-9,12-13,16H,5,10-11H2,1-4H3/t13-/m1/s1. The molecule has 0 amide bonds. The van der Waals surface area contributed by atoms with E-state index in [0.717, 1.165) is 25.3 Å². The summed E-state index contributed by atoms with van der Waals surface area (Å²) in [5.41, 5.74) is 1.25. The van der Waals surface area contributed by atoms with Crippen LogP contribution >= 0.6 is 0 Å².